The molecule has 0 N–H and O–H groups in total. The van der Waals surface area contributed by atoms with Gasteiger partial charge >= 0.3 is 0 Å². The Morgan fingerprint density at radius 1 is 1.33 bits per heavy atom. The summed E-state index contributed by atoms with van der Waals surface area (Å²) >= 11 is 5.88. The van der Waals surface area contributed by atoms with Gasteiger partial charge < -0.3 is 4.90 Å². The van der Waals surface area contributed by atoms with Crippen LogP contribution in [0.25, 0.3) is 0 Å². The summed E-state index contributed by atoms with van der Waals surface area (Å²) in [5, 5.41) is 0.620. The van der Waals surface area contributed by atoms with Crippen LogP contribution in [0.3, 0.4) is 0 Å². The molecule has 1 aromatic carbocycles. The van der Waals surface area contributed by atoms with E-state index in [-0.39, 0.29) is 5.78 Å². The minimum absolute atomic E-state index is 0.162. The molecule has 0 saturated carbocycles. The zero-order valence-corrected chi connectivity index (χ0v) is 12.2. The summed E-state index contributed by atoms with van der Waals surface area (Å²) in [6.07, 6.45) is 2.80. The second kappa shape index (κ2) is 7.55. The Bertz CT molecular complexity index is 388. The van der Waals surface area contributed by atoms with E-state index in [9.17, 15) is 4.79 Å². The Morgan fingerprint density at radius 2 is 2.00 bits per heavy atom. The van der Waals surface area contributed by atoms with Gasteiger partial charge in [-0.3, -0.25) is 4.79 Å². The second-order valence-corrected chi connectivity index (χ2v) is 5.07. The molecule has 2 nitrogen and oxygen atoms in total. The molecule has 0 atom stereocenters. The van der Waals surface area contributed by atoms with Crippen LogP contribution in [0.2, 0.25) is 5.02 Å². The van der Waals surface area contributed by atoms with E-state index < -0.39 is 0 Å². The predicted octanol–water partition coefficient (Wildman–Crippen LogP) is 4.03. The van der Waals surface area contributed by atoms with E-state index in [4.69, 9.17) is 11.6 Å². The molecule has 1 rings (SSSR count). The molecule has 18 heavy (non-hydrogen) atoms. The average molecular weight is 268 g/mol. The van der Waals surface area contributed by atoms with E-state index in [2.05, 4.69) is 25.8 Å². The van der Waals surface area contributed by atoms with Crippen molar-refractivity contribution in [3.63, 3.8) is 0 Å². The number of hydrogen-bond acceptors (Lipinski definition) is 2. The number of ketones is 1. The Labute approximate surface area is 115 Å². The highest BCUT2D eigenvalue weighted by atomic mass is 35.5. The van der Waals surface area contributed by atoms with Crippen LogP contribution in [-0.2, 0) is 0 Å². The van der Waals surface area contributed by atoms with Gasteiger partial charge in [-0.15, -0.1) is 0 Å². The van der Waals surface area contributed by atoms with Crippen LogP contribution in [0.1, 0.15) is 43.5 Å². The zero-order valence-electron chi connectivity index (χ0n) is 11.4. The number of Topliss-reactive ketones (excluding diaryl/α,β-unsaturated/α-hetero) is 1. The number of nitrogens with zero attached hydrogens (tertiary/aromatic N) is 1. The third-order valence-electron chi connectivity index (χ3n) is 3.40. The van der Waals surface area contributed by atoms with Gasteiger partial charge in [0.2, 0.25) is 0 Å². The number of carbonyl (C=O) groups is 1. The van der Waals surface area contributed by atoms with Gasteiger partial charge in [0.25, 0.3) is 0 Å². The highest BCUT2D eigenvalue weighted by Gasteiger charge is 2.12. The maximum atomic E-state index is 12.0. The summed E-state index contributed by atoms with van der Waals surface area (Å²) in [6.45, 7) is 5.17. The van der Waals surface area contributed by atoms with Crippen molar-refractivity contribution in [1.82, 2.24) is 4.90 Å². The Morgan fingerprint density at radius 3 is 2.56 bits per heavy atom. The second-order valence-electron chi connectivity index (χ2n) is 4.63. The summed E-state index contributed by atoms with van der Waals surface area (Å²) in [5.41, 5.74) is 0.709. The number of rotatable bonds is 7. The number of halogens is 1. The van der Waals surface area contributed by atoms with E-state index in [1.54, 1.807) is 12.1 Å². The van der Waals surface area contributed by atoms with Crippen molar-refractivity contribution in [3.05, 3.63) is 34.9 Å². The zero-order chi connectivity index (χ0) is 13.5. The third-order valence-corrected chi connectivity index (χ3v) is 3.64. The van der Waals surface area contributed by atoms with Crippen LogP contribution in [0.15, 0.2) is 24.3 Å². The van der Waals surface area contributed by atoms with E-state index >= 15 is 0 Å². The molecule has 0 fully saturated rings. The first-order valence-corrected chi connectivity index (χ1v) is 6.95. The molecule has 0 amide bonds. The van der Waals surface area contributed by atoms with Crippen LogP contribution in [0.4, 0.5) is 0 Å². The highest BCUT2D eigenvalue weighted by molar-refractivity contribution is 6.31. The smallest absolute Gasteiger partial charge is 0.164 e. The van der Waals surface area contributed by atoms with Crippen molar-refractivity contribution in [2.45, 2.75) is 39.2 Å². The van der Waals surface area contributed by atoms with Gasteiger partial charge in [-0.05, 0) is 32.0 Å². The van der Waals surface area contributed by atoms with Crippen molar-refractivity contribution < 1.29 is 4.79 Å². The fraction of sp³-hybridized carbons (Fsp3) is 0.533. The molecule has 0 radical (unpaired) electrons. The standard InChI is InChI=1S/C15H22ClNO/c1-4-14(5-2)17(3)10-9-15(18)12-7-6-8-13(16)11-12/h6-8,11,14H,4-5,9-10H2,1-3H3. The molecular weight excluding hydrogens is 246 g/mol. The molecule has 100 valence electrons. The predicted molar refractivity (Wildman–Crippen MR) is 77.4 cm³/mol. The lowest BCUT2D eigenvalue weighted by atomic mass is 10.1. The van der Waals surface area contributed by atoms with Crippen molar-refractivity contribution in [3.8, 4) is 0 Å². The van der Waals surface area contributed by atoms with Crippen molar-refractivity contribution in [2.24, 2.45) is 0 Å². The maximum Gasteiger partial charge on any atom is 0.164 e. The molecule has 0 aliphatic carbocycles. The lowest BCUT2D eigenvalue weighted by molar-refractivity contribution is 0.0958. The minimum Gasteiger partial charge on any atom is -0.303 e. The average Bonchev–Trinajstić information content (AvgIpc) is 2.37. The third kappa shape index (κ3) is 4.43. The summed E-state index contributed by atoms with van der Waals surface area (Å²) in [6, 6.07) is 7.73. The van der Waals surface area contributed by atoms with E-state index in [1.165, 1.54) is 0 Å². The molecule has 0 aromatic heterocycles. The summed E-state index contributed by atoms with van der Waals surface area (Å²) in [5.74, 6) is 0.162. The highest BCUT2D eigenvalue weighted by Crippen LogP contribution is 2.13. The van der Waals surface area contributed by atoms with E-state index in [0.717, 1.165) is 19.4 Å². The quantitative estimate of drug-likeness (QED) is 0.695. The lowest BCUT2D eigenvalue weighted by Gasteiger charge is -2.25. The van der Waals surface area contributed by atoms with Crippen LogP contribution in [0, 0.1) is 0 Å². The maximum absolute atomic E-state index is 12.0. The van der Waals surface area contributed by atoms with Crippen molar-refractivity contribution in [1.29, 1.82) is 0 Å². The normalized spacial score (nSPS) is 11.2. The van der Waals surface area contributed by atoms with E-state index in [0.29, 0.717) is 23.0 Å². The number of hydrogen-bond donors (Lipinski definition) is 0. The summed E-state index contributed by atoms with van der Waals surface area (Å²) < 4.78 is 0. The van der Waals surface area contributed by atoms with Gasteiger partial charge in [-0.2, -0.15) is 0 Å². The van der Waals surface area contributed by atoms with Gasteiger partial charge in [-0.1, -0.05) is 37.6 Å². The van der Waals surface area contributed by atoms with Gasteiger partial charge in [0.15, 0.2) is 5.78 Å². The molecular formula is C15H22ClNO. The monoisotopic (exact) mass is 267 g/mol. The van der Waals surface area contributed by atoms with E-state index in [1.807, 2.05) is 12.1 Å². The molecule has 1 aromatic rings. The molecule has 0 saturated heterocycles. The molecule has 0 heterocycles. The van der Waals surface area contributed by atoms with Crippen LogP contribution < -0.4 is 0 Å². The SMILES string of the molecule is CCC(CC)N(C)CCC(=O)c1cccc(Cl)c1. The first-order valence-electron chi connectivity index (χ1n) is 6.57. The molecule has 0 aliphatic heterocycles. The first-order chi connectivity index (χ1) is 8.58. The topological polar surface area (TPSA) is 20.3 Å². The van der Waals surface area contributed by atoms with Gasteiger partial charge in [0.05, 0.1) is 0 Å². The molecule has 0 unspecified atom stereocenters. The van der Waals surface area contributed by atoms with Gasteiger partial charge in [0, 0.05) is 29.6 Å². The molecule has 0 bridgehead atoms. The first kappa shape index (κ1) is 15.2. The molecule has 0 spiro atoms. The number of carbonyl (C=O) groups excluding carboxylic acids is 1. The van der Waals surface area contributed by atoms with Gasteiger partial charge in [-0.25, -0.2) is 0 Å². The molecule has 3 heteroatoms. The number of benzene rings is 1. The largest absolute Gasteiger partial charge is 0.303 e. The van der Waals surface area contributed by atoms with Crippen LogP contribution >= 0.6 is 11.6 Å². The van der Waals surface area contributed by atoms with Crippen molar-refractivity contribution in [2.75, 3.05) is 13.6 Å². The van der Waals surface area contributed by atoms with Gasteiger partial charge in [0.1, 0.15) is 0 Å². The summed E-state index contributed by atoms with van der Waals surface area (Å²) in [7, 11) is 2.09. The molecule has 0 aliphatic rings. The van der Waals surface area contributed by atoms with Crippen molar-refractivity contribution >= 4 is 17.4 Å². The Hall–Kier alpha value is -0.860. The summed E-state index contributed by atoms with van der Waals surface area (Å²) in [4.78, 5) is 14.3. The Balaban J connectivity index is 2.51. The van der Waals surface area contributed by atoms with Crippen LogP contribution in [-0.4, -0.2) is 30.3 Å². The minimum atomic E-state index is 0.162. The van der Waals surface area contributed by atoms with Crippen LogP contribution in [0.5, 0.6) is 0 Å². The fourth-order valence-electron chi connectivity index (χ4n) is 2.18. The lowest BCUT2D eigenvalue weighted by Crippen LogP contribution is -2.32. The fourth-order valence-corrected chi connectivity index (χ4v) is 2.37. The Kier molecular flexibility index (Phi) is 6.37.